The third-order valence-electron chi connectivity index (χ3n) is 3.63. The number of nitrogens with zero attached hydrogens (tertiary/aromatic N) is 4. The van der Waals surface area contributed by atoms with Gasteiger partial charge in [-0.1, -0.05) is 0 Å². The maximum absolute atomic E-state index is 5.69. The van der Waals surface area contributed by atoms with Gasteiger partial charge in [-0.2, -0.15) is 5.10 Å². The van der Waals surface area contributed by atoms with E-state index in [1.54, 1.807) is 6.20 Å². The maximum Gasteiger partial charge on any atom is 0.194 e. The minimum absolute atomic E-state index is 0.631. The summed E-state index contributed by atoms with van der Waals surface area (Å²) in [6, 6.07) is 1.99. The number of aromatic nitrogens is 2. The molecule has 0 saturated heterocycles. The first-order chi connectivity index (χ1) is 10.2. The Bertz CT molecular complexity index is 453. The maximum atomic E-state index is 5.69. The van der Waals surface area contributed by atoms with Crippen LogP contribution >= 0.6 is 0 Å². The van der Waals surface area contributed by atoms with Crippen molar-refractivity contribution in [2.75, 3.05) is 33.4 Å². The molecule has 0 amide bonds. The lowest BCUT2D eigenvalue weighted by molar-refractivity contribution is 0.115. The van der Waals surface area contributed by atoms with E-state index in [-0.39, 0.29) is 0 Å². The number of hydrogen-bond acceptors (Lipinski definition) is 3. The lowest BCUT2D eigenvalue weighted by Gasteiger charge is -2.22. The van der Waals surface area contributed by atoms with Crippen LogP contribution in [0, 0.1) is 5.92 Å². The molecular weight excluding hydrogens is 266 g/mol. The number of rotatable bonds is 8. The Kier molecular flexibility index (Phi) is 6.04. The first kappa shape index (κ1) is 15.8. The predicted octanol–water partition coefficient (Wildman–Crippen LogP) is 1.24. The lowest BCUT2D eigenvalue weighted by atomic mass is 10.4. The third kappa shape index (κ3) is 5.38. The van der Waals surface area contributed by atoms with Gasteiger partial charge in [0, 0.05) is 40.0 Å². The number of ether oxygens (including phenoxy) is 1. The van der Waals surface area contributed by atoms with Gasteiger partial charge in [0.1, 0.15) is 0 Å². The molecule has 1 aliphatic rings. The molecular formula is C15H27N5O. The average Bonchev–Trinajstić information content (AvgIpc) is 3.21. The second kappa shape index (κ2) is 8.02. The van der Waals surface area contributed by atoms with Crippen molar-refractivity contribution >= 4 is 5.96 Å². The standard InChI is InChI=1S/C15H27N5O/c1-4-16-15(17-11-14-7-8-18-20(14)3)19(2)9-10-21-12-13-5-6-13/h7-8,13H,4-6,9-12H2,1-3H3,(H,16,17). The highest BCUT2D eigenvalue weighted by Gasteiger charge is 2.21. The van der Waals surface area contributed by atoms with Gasteiger partial charge in [-0.25, -0.2) is 4.99 Å². The molecule has 118 valence electrons. The van der Waals surface area contributed by atoms with Crippen LogP contribution in [0.15, 0.2) is 17.3 Å². The van der Waals surface area contributed by atoms with Crippen molar-refractivity contribution in [2.24, 2.45) is 18.0 Å². The minimum atomic E-state index is 0.631. The number of hydrogen-bond donors (Lipinski definition) is 1. The van der Waals surface area contributed by atoms with Gasteiger partial charge in [-0.3, -0.25) is 4.68 Å². The molecule has 1 aliphatic carbocycles. The third-order valence-corrected chi connectivity index (χ3v) is 3.63. The van der Waals surface area contributed by atoms with Gasteiger partial charge in [0.05, 0.1) is 18.8 Å². The molecule has 1 aromatic heterocycles. The van der Waals surface area contributed by atoms with Gasteiger partial charge in [0.25, 0.3) is 0 Å². The van der Waals surface area contributed by atoms with Crippen LogP contribution in [0.4, 0.5) is 0 Å². The fraction of sp³-hybridized carbons (Fsp3) is 0.733. The molecule has 0 radical (unpaired) electrons. The zero-order valence-electron chi connectivity index (χ0n) is 13.4. The molecule has 21 heavy (non-hydrogen) atoms. The second-order valence-electron chi connectivity index (χ2n) is 5.56. The van der Waals surface area contributed by atoms with E-state index in [2.05, 4.69) is 27.2 Å². The SMILES string of the molecule is CCNC(=NCc1ccnn1C)N(C)CCOCC1CC1. The zero-order valence-corrected chi connectivity index (χ0v) is 13.4. The Morgan fingerprint density at radius 2 is 2.38 bits per heavy atom. The van der Waals surface area contributed by atoms with Crippen LogP contribution in [0.25, 0.3) is 0 Å². The van der Waals surface area contributed by atoms with Crippen LogP contribution in [0.5, 0.6) is 0 Å². The topological polar surface area (TPSA) is 54.7 Å². The van der Waals surface area contributed by atoms with Crippen LogP contribution in [-0.4, -0.2) is 54.0 Å². The smallest absolute Gasteiger partial charge is 0.194 e. The monoisotopic (exact) mass is 293 g/mol. The first-order valence-corrected chi connectivity index (χ1v) is 7.74. The van der Waals surface area contributed by atoms with Gasteiger partial charge in [-0.15, -0.1) is 0 Å². The Morgan fingerprint density at radius 3 is 3.00 bits per heavy atom. The predicted molar refractivity (Wildman–Crippen MR) is 84.2 cm³/mol. The Balaban J connectivity index is 1.79. The molecule has 1 aromatic rings. The van der Waals surface area contributed by atoms with Gasteiger partial charge >= 0.3 is 0 Å². The summed E-state index contributed by atoms with van der Waals surface area (Å²) in [5.74, 6) is 1.73. The highest BCUT2D eigenvalue weighted by Crippen LogP contribution is 2.28. The normalized spacial score (nSPS) is 15.3. The molecule has 0 atom stereocenters. The van der Waals surface area contributed by atoms with E-state index < -0.39 is 0 Å². The van der Waals surface area contributed by atoms with Crippen molar-refractivity contribution in [1.29, 1.82) is 0 Å². The summed E-state index contributed by atoms with van der Waals surface area (Å²) >= 11 is 0. The Labute approximate surface area is 127 Å². The summed E-state index contributed by atoms with van der Waals surface area (Å²) in [6.07, 6.45) is 4.47. The molecule has 0 aliphatic heterocycles. The fourth-order valence-electron chi connectivity index (χ4n) is 2.02. The molecule has 0 spiro atoms. The molecule has 1 heterocycles. The van der Waals surface area contributed by atoms with Crippen LogP contribution in [-0.2, 0) is 18.3 Å². The van der Waals surface area contributed by atoms with E-state index in [1.165, 1.54) is 12.8 Å². The summed E-state index contributed by atoms with van der Waals surface area (Å²) in [4.78, 5) is 6.78. The van der Waals surface area contributed by atoms with Crippen molar-refractivity contribution in [3.8, 4) is 0 Å². The van der Waals surface area contributed by atoms with E-state index in [9.17, 15) is 0 Å². The van der Waals surface area contributed by atoms with E-state index in [0.29, 0.717) is 6.54 Å². The molecule has 0 unspecified atom stereocenters. The summed E-state index contributed by atoms with van der Waals surface area (Å²) in [6.45, 7) is 6.09. The highest BCUT2D eigenvalue weighted by atomic mass is 16.5. The van der Waals surface area contributed by atoms with E-state index >= 15 is 0 Å². The number of guanidine groups is 1. The quantitative estimate of drug-likeness (QED) is 0.445. The van der Waals surface area contributed by atoms with Crippen molar-refractivity contribution in [2.45, 2.75) is 26.3 Å². The number of aliphatic imine (C=N–C) groups is 1. The fourth-order valence-corrected chi connectivity index (χ4v) is 2.02. The molecule has 2 rings (SSSR count). The highest BCUT2D eigenvalue weighted by molar-refractivity contribution is 5.79. The Hall–Kier alpha value is -1.56. The Morgan fingerprint density at radius 1 is 1.57 bits per heavy atom. The number of likely N-dealkylation sites (N-methyl/N-ethyl adjacent to an activating group) is 1. The molecule has 0 bridgehead atoms. The van der Waals surface area contributed by atoms with Gasteiger partial charge in [0.15, 0.2) is 5.96 Å². The summed E-state index contributed by atoms with van der Waals surface area (Å²) < 4.78 is 7.54. The van der Waals surface area contributed by atoms with Crippen molar-refractivity contribution in [1.82, 2.24) is 20.0 Å². The van der Waals surface area contributed by atoms with Crippen molar-refractivity contribution in [3.05, 3.63) is 18.0 Å². The average molecular weight is 293 g/mol. The van der Waals surface area contributed by atoms with Crippen LogP contribution in [0.1, 0.15) is 25.5 Å². The summed E-state index contributed by atoms with van der Waals surface area (Å²) in [5.41, 5.74) is 1.10. The summed E-state index contributed by atoms with van der Waals surface area (Å²) in [5, 5.41) is 7.48. The van der Waals surface area contributed by atoms with Gasteiger partial charge < -0.3 is 15.0 Å². The zero-order chi connectivity index (χ0) is 15.1. The van der Waals surface area contributed by atoms with Crippen LogP contribution in [0.3, 0.4) is 0 Å². The van der Waals surface area contributed by atoms with E-state index in [4.69, 9.17) is 4.74 Å². The number of aryl methyl sites for hydroxylation is 1. The van der Waals surface area contributed by atoms with E-state index in [1.807, 2.05) is 24.8 Å². The first-order valence-electron chi connectivity index (χ1n) is 7.74. The molecule has 6 nitrogen and oxygen atoms in total. The molecule has 1 saturated carbocycles. The van der Waals surface area contributed by atoms with Crippen molar-refractivity contribution in [3.63, 3.8) is 0 Å². The van der Waals surface area contributed by atoms with Crippen LogP contribution < -0.4 is 5.32 Å². The number of nitrogens with one attached hydrogen (secondary N) is 1. The van der Waals surface area contributed by atoms with Gasteiger partial charge in [-0.05, 0) is 31.7 Å². The molecule has 0 aromatic carbocycles. The second-order valence-corrected chi connectivity index (χ2v) is 5.56. The van der Waals surface area contributed by atoms with Crippen molar-refractivity contribution < 1.29 is 4.74 Å². The minimum Gasteiger partial charge on any atom is -0.379 e. The van der Waals surface area contributed by atoms with Crippen LogP contribution in [0.2, 0.25) is 0 Å². The molecule has 6 heteroatoms. The van der Waals surface area contributed by atoms with E-state index in [0.717, 1.165) is 43.9 Å². The van der Waals surface area contributed by atoms with Gasteiger partial charge in [0.2, 0.25) is 0 Å². The molecule has 1 fully saturated rings. The summed E-state index contributed by atoms with van der Waals surface area (Å²) in [7, 11) is 3.98. The largest absolute Gasteiger partial charge is 0.379 e. The molecule has 1 N–H and O–H groups in total. The lowest BCUT2D eigenvalue weighted by Crippen LogP contribution is -2.40.